The molecule has 1 aromatic heterocycles. The van der Waals surface area contributed by atoms with Gasteiger partial charge in [0, 0.05) is 25.0 Å². The van der Waals surface area contributed by atoms with Crippen LogP contribution in [-0.4, -0.2) is 39.0 Å². The topological polar surface area (TPSA) is 51.0 Å². The first kappa shape index (κ1) is 11.8. The van der Waals surface area contributed by atoms with Gasteiger partial charge in [0.05, 0.1) is 6.54 Å². The molecule has 0 radical (unpaired) electrons. The first-order valence-corrected chi connectivity index (χ1v) is 6.87. The predicted molar refractivity (Wildman–Crippen MR) is 66.9 cm³/mol. The molecule has 0 spiro atoms. The molecule has 98 valence electrons. The van der Waals surface area contributed by atoms with Gasteiger partial charge in [-0.3, -0.25) is 4.90 Å². The van der Waals surface area contributed by atoms with E-state index >= 15 is 0 Å². The van der Waals surface area contributed by atoms with Gasteiger partial charge in [0.2, 0.25) is 0 Å². The summed E-state index contributed by atoms with van der Waals surface area (Å²) in [5, 5.41) is 8.07. The van der Waals surface area contributed by atoms with E-state index < -0.39 is 0 Å². The Bertz CT molecular complexity index is 422. The third kappa shape index (κ3) is 2.19. The minimum atomic E-state index is -0.0968. The zero-order valence-electron chi connectivity index (χ0n) is 10.7. The maximum Gasteiger partial charge on any atom is 0.147 e. The lowest BCUT2D eigenvalue weighted by molar-refractivity contribution is -0.119. The van der Waals surface area contributed by atoms with Gasteiger partial charge in [-0.05, 0) is 12.8 Å². The molecule has 2 heterocycles. The Morgan fingerprint density at radius 1 is 1.28 bits per heavy atom. The quantitative estimate of drug-likeness (QED) is 0.755. The van der Waals surface area contributed by atoms with Gasteiger partial charge in [-0.2, -0.15) is 0 Å². The molecule has 1 aromatic rings. The molecule has 0 unspecified atom stereocenters. The molecular weight excluding hydrogens is 228 g/mol. The number of hydrogen-bond donors (Lipinski definition) is 0. The normalized spacial score (nSPS) is 23.6. The molecular formula is C13H20N4O. The highest BCUT2D eigenvalue weighted by atomic mass is 16.1. The standard InChI is InChI=1S/C13H20N4O/c18-10-13(4-2-1-3-5-13)9-16-6-7-17-11-14-15-12(17)8-16/h10-11H,1-9H2. The Balaban J connectivity index is 1.68. The van der Waals surface area contributed by atoms with E-state index in [4.69, 9.17) is 0 Å². The van der Waals surface area contributed by atoms with E-state index in [0.717, 1.165) is 44.8 Å². The highest BCUT2D eigenvalue weighted by Gasteiger charge is 2.34. The van der Waals surface area contributed by atoms with Gasteiger partial charge in [-0.1, -0.05) is 19.3 Å². The van der Waals surface area contributed by atoms with Gasteiger partial charge < -0.3 is 9.36 Å². The first-order chi connectivity index (χ1) is 8.81. The molecule has 1 aliphatic heterocycles. The summed E-state index contributed by atoms with van der Waals surface area (Å²) in [5.41, 5.74) is -0.0968. The molecule has 2 aliphatic rings. The lowest BCUT2D eigenvalue weighted by atomic mass is 9.75. The molecule has 3 rings (SSSR count). The van der Waals surface area contributed by atoms with Crippen LogP contribution in [-0.2, 0) is 17.9 Å². The Labute approximate surface area is 107 Å². The van der Waals surface area contributed by atoms with Crippen LogP contribution < -0.4 is 0 Å². The number of aldehydes is 1. The zero-order chi connectivity index (χ0) is 12.4. The fourth-order valence-electron chi connectivity index (χ4n) is 3.27. The zero-order valence-corrected chi connectivity index (χ0v) is 10.7. The van der Waals surface area contributed by atoms with Crippen molar-refractivity contribution in [2.45, 2.75) is 45.2 Å². The molecule has 18 heavy (non-hydrogen) atoms. The van der Waals surface area contributed by atoms with E-state index in [9.17, 15) is 4.79 Å². The fraction of sp³-hybridized carbons (Fsp3) is 0.769. The van der Waals surface area contributed by atoms with Gasteiger partial charge >= 0.3 is 0 Å². The monoisotopic (exact) mass is 248 g/mol. The second kappa shape index (κ2) is 4.80. The van der Waals surface area contributed by atoms with Gasteiger partial charge in [0.1, 0.15) is 18.4 Å². The van der Waals surface area contributed by atoms with Crippen LogP contribution in [0.2, 0.25) is 0 Å². The average molecular weight is 248 g/mol. The van der Waals surface area contributed by atoms with Crippen molar-refractivity contribution < 1.29 is 4.79 Å². The van der Waals surface area contributed by atoms with E-state index in [1.165, 1.54) is 25.5 Å². The van der Waals surface area contributed by atoms with Crippen LogP contribution in [0, 0.1) is 5.41 Å². The van der Waals surface area contributed by atoms with Crippen molar-refractivity contribution in [3.63, 3.8) is 0 Å². The largest absolute Gasteiger partial charge is 0.315 e. The van der Waals surface area contributed by atoms with Crippen molar-refractivity contribution in [1.82, 2.24) is 19.7 Å². The molecule has 0 atom stereocenters. The Hall–Kier alpha value is -1.23. The Morgan fingerprint density at radius 3 is 2.89 bits per heavy atom. The number of hydrogen-bond acceptors (Lipinski definition) is 4. The Morgan fingerprint density at radius 2 is 2.11 bits per heavy atom. The predicted octanol–water partition coefficient (Wildman–Crippen LogP) is 1.24. The maximum atomic E-state index is 11.5. The highest BCUT2D eigenvalue weighted by Crippen LogP contribution is 2.35. The number of carbonyl (C=O) groups excluding carboxylic acids is 1. The summed E-state index contributed by atoms with van der Waals surface area (Å²) >= 11 is 0. The summed E-state index contributed by atoms with van der Waals surface area (Å²) in [6, 6.07) is 0. The number of fused-ring (bicyclic) bond motifs is 1. The third-order valence-electron chi connectivity index (χ3n) is 4.36. The molecule has 0 amide bonds. The van der Waals surface area contributed by atoms with E-state index in [0.29, 0.717) is 0 Å². The second-order valence-electron chi connectivity index (χ2n) is 5.69. The van der Waals surface area contributed by atoms with Crippen LogP contribution in [0.15, 0.2) is 6.33 Å². The number of nitrogens with zero attached hydrogens (tertiary/aromatic N) is 4. The van der Waals surface area contributed by atoms with Crippen LogP contribution in [0.25, 0.3) is 0 Å². The van der Waals surface area contributed by atoms with Gasteiger partial charge in [-0.25, -0.2) is 0 Å². The van der Waals surface area contributed by atoms with Crippen molar-refractivity contribution in [2.75, 3.05) is 13.1 Å². The summed E-state index contributed by atoms with van der Waals surface area (Å²) < 4.78 is 2.10. The molecule has 5 nitrogen and oxygen atoms in total. The van der Waals surface area contributed by atoms with Gasteiger partial charge in [0.15, 0.2) is 0 Å². The minimum Gasteiger partial charge on any atom is -0.315 e. The smallest absolute Gasteiger partial charge is 0.147 e. The van der Waals surface area contributed by atoms with Crippen molar-refractivity contribution in [3.8, 4) is 0 Å². The van der Waals surface area contributed by atoms with Crippen LogP contribution in [0.4, 0.5) is 0 Å². The third-order valence-corrected chi connectivity index (χ3v) is 4.36. The number of carbonyl (C=O) groups is 1. The van der Waals surface area contributed by atoms with Gasteiger partial charge in [-0.15, -0.1) is 10.2 Å². The van der Waals surface area contributed by atoms with Crippen molar-refractivity contribution in [2.24, 2.45) is 5.41 Å². The lowest BCUT2D eigenvalue weighted by Crippen LogP contribution is -2.43. The molecule has 0 saturated heterocycles. The number of rotatable bonds is 3. The Kier molecular flexibility index (Phi) is 3.16. The summed E-state index contributed by atoms with van der Waals surface area (Å²) in [4.78, 5) is 13.9. The van der Waals surface area contributed by atoms with Crippen molar-refractivity contribution in [1.29, 1.82) is 0 Å². The van der Waals surface area contributed by atoms with E-state index in [-0.39, 0.29) is 5.41 Å². The minimum absolute atomic E-state index is 0.0968. The summed E-state index contributed by atoms with van der Waals surface area (Å²) in [6.45, 7) is 3.66. The summed E-state index contributed by atoms with van der Waals surface area (Å²) in [5.74, 6) is 1.03. The van der Waals surface area contributed by atoms with Gasteiger partial charge in [0.25, 0.3) is 0 Å². The van der Waals surface area contributed by atoms with E-state index in [2.05, 4.69) is 19.7 Å². The highest BCUT2D eigenvalue weighted by molar-refractivity contribution is 5.60. The molecule has 5 heteroatoms. The molecule has 1 fully saturated rings. The van der Waals surface area contributed by atoms with Crippen LogP contribution in [0.1, 0.15) is 37.9 Å². The van der Waals surface area contributed by atoms with Crippen molar-refractivity contribution >= 4 is 6.29 Å². The fourth-order valence-corrected chi connectivity index (χ4v) is 3.27. The summed E-state index contributed by atoms with van der Waals surface area (Å²) in [7, 11) is 0. The SMILES string of the molecule is O=CC1(CN2CCn3cnnc3C2)CCCCC1. The number of aromatic nitrogens is 3. The van der Waals surface area contributed by atoms with Crippen LogP contribution in [0.3, 0.4) is 0 Å². The average Bonchev–Trinajstić information content (AvgIpc) is 2.87. The van der Waals surface area contributed by atoms with E-state index in [1.807, 2.05) is 0 Å². The first-order valence-electron chi connectivity index (χ1n) is 6.87. The molecule has 0 N–H and O–H groups in total. The molecule has 0 bridgehead atoms. The van der Waals surface area contributed by atoms with Crippen LogP contribution >= 0.6 is 0 Å². The van der Waals surface area contributed by atoms with Crippen molar-refractivity contribution in [3.05, 3.63) is 12.2 Å². The molecule has 1 saturated carbocycles. The lowest BCUT2D eigenvalue weighted by Gasteiger charge is -2.38. The summed E-state index contributed by atoms with van der Waals surface area (Å²) in [6.07, 6.45) is 8.79. The maximum absolute atomic E-state index is 11.5. The van der Waals surface area contributed by atoms with Crippen LogP contribution in [0.5, 0.6) is 0 Å². The molecule has 0 aromatic carbocycles. The second-order valence-corrected chi connectivity index (χ2v) is 5.69. The van der Waals surface area contributed by atoms with E-state index in [1.54, 1.807) is 6.33 Å². The molecule has 1 aliphatic carbocycles.